The molecule has 0 bridgehead atoms. The van der Waals surface area contributed by atoms with Crippen LogP contribution in [0.2, 0.25) is 0 Å². The highest BCUT2D eigenvalue weighted by molar-refractivity contribution is 7.89. The summed E-state index contributed by atoms with van der Waals surface area (Å²) >= 11 is 0. The van der Waals surface area contributed by atoms with Gasteiger partial charge in [-0.25, -0.2) is 17.5 Å². The molecule has 0 unspecified atom stereocenters. The van der Waals surface area contributed by atoms with Gasteiger partial charge in [0.1, 0.15) is 16.5 Å². The van der Waals surface area contributed by atoms with Gasteiger partial charge in [-0.15, -0.1) is 0 Å². The second-order valence-electron chi connectivity index (χ2n) is 9.28. The van der Waals surface area contributed by atoms with E-state index in [1.807, 2.05) is 0 Å². The molecule has 1 saturated heterocycles. The van der Waals surface area contributed by atoms with Gasteiger partial charge >= 0.3 is 0 Å². The van der Waals surface area contributed by atoms with Crippen LogP contribution in [0, 0.1) is 22.9 Å². The molecule has 2 heterocycles. The lowest BCUT2D eigenvalue weighted by Gasteiger charge is -2.15. The third kappa shape index (κ3) is 6.41. The molecule has 1 fully saturated rings. The Morgan fingerprint density at radius 3 is 2.62 bits per heavy atom. The molecule has 2 N–H and O–H groups in total. The number of amides is 1. The Hall–Kier alpha value is -3.88. The van der Waals surface area contributed by atoms with E-state index in [1.165, 1.54) is 28.9 Å². The number of rotatable bonds is 10. The molecule has 0 saturated carbocycles. The monoisotopic (exact) mass is 561 g/mol. The molecule has 2 aromatic carbocycles. The Bertz CT molecular complexity index is 1480. The molecule has 208 valence electrons. The van der Waals surface area contributed by atoms with Gasteiger partial charge < -0.3 is 14.8 Å². The topological polar surface area (TPSA) is 155 Å². The fourth-order valence-corrected chi connectivity index (χ4v) is 5.45. The van der Waals surface area contributed by atoms with E-state index in [2.05, 4.69) is 15.1 Å². The molecular formula is C25H28FN5O7S. The quantitative estimate of drug-likeness (QED) is 0.281. The molecule has 0 aliphatic carbocycles. The summed E-state index contributed by atoms with van der Waals surface area (Å²) in [5.41, 5.74) is 0.144. The lowest BCUT2D eigenvalue weighted by molar-refractivity contribution is -0.385. The number of hydrogen-bond acceptors (Lipinski definition) is 8. The lowest BCUT2D eigenvalue weighted by Crippen LogP contribution is -2.32. The minimum atomic E-state index is -4.24. The van der Waals surface area contributed by atoms with Crippen LogP contribution in [-0.4, -0.2) is 54.3 Å². The van der Waals surface area contributed by atoms with E-state index in [0.29, 0.717) is 12.3 Å². The highest BCUT2D eigenvalue weighted by atomic mass is 32.2. The van der Waals surface area contributed by atoms with Crippen molar-refractivity contribution in [2.45, 2.75) is 50.7 Å². The highest BCUT2D eigenvalue weighted by Crippen LogP contribution is 2.35. The standard InChI is InChI=1S/C25H28FN5O7S/c1-15(2)29-39(35,36)22-13-19(31(33)34)10-11-21(22)38-25-16(3)23(24(32)27-14-20-5-4-12-37-20)28-30(25)18-8-6-17(26)7-9-18/h6-11,13,15,20,29H,4-5,12,14H2,1-3H3,(H,27,32)/t20-/m0/s1. The van der Waals surface area contributed by atoms with E-state index < -0.39 is 43.3 Å². The van der Waals surface area contributed by atoms with Gasteiger partial charge in [0.05, 0.1) is 16.7 Å². The third-order valence-electron chi connectivity index (χ3n) is 5.89. The van der Waals surface area contributed by atoms with Gasteiger partial charge in [0.15, 0.2) is 5.69 Å². The van der Waals surface area contributed by atoms with Crippen molar-refractivity contribution in [3.63, 3.8) is 0 Å². The Morgan fingerprint density at radius 2 is 2.00 bits per heavy atom. The maximum Gasteiger partial charge on any atom is 0.272 e. The molecule has 12 nitrogen and oxygen atoms in total. The Morgan fingerprint density at radius 1 is 1.28 bits per heavy atom. The number of nitro groups is 1. The van der Waals surface area contributed by atoms with Gasteiger partial charge in [-0.2, -0.15) is 9.78 Å². The highest BCUT2D eigenvalue weighted by Gasteiger charge is 2.28. The summed E-state index contributed by atoms with van der Waals surface area (Å²) in [7, 11) is -4.24. The minimum absolute atomic E-state index is 0.000976. The first-order chi connectivity index (χ1) is 18.5. The van der Waals surface area contributed by atoms with Gasteiger partial charge in [-0.05, 0) is 63.9 Å². The van der Waals surface area contributed by atoms with Gasteiger partial charge in [-0.3, -0.25) is 14.9 Å². The second-order valence-corrected chi connectivity index (χ2v) is 11.0. The van der Waals surface area contributed by atoms with Crippen LogP contribution in [0.1, 0.15) is 42.7 Å². The zero-order chi connectivity index (χ0) is 28.3. The fraction of sp³-hybridized carbons (Fsp3) is 0.360. The summed E-state index contributed by atoms with van der Waals surface area (Å²) in [4.78, 5) is 23.2. The summed E-state index contributed by atoms with van der Waals surface area (Å²) < 4.78 is 55.0. The SMILES string of the molecule is Cc1c(C(=O)NC[C@@H]2CCCO2)nn(-c2ccc(F)cc2)c1Oc1ccc([N+](=O)[O-])cc1S(=O)(=O)NC(C)C. The molecule has 1 amide bonds. The Balaban J connectivity index is 1.79. The molecule has 14 heteroatoms. The fourth-order valence-electron chi connectivity index (χ4n) is 4.05. The number of carbonyl (C=O) groups is 1. The molecule has 39 heavy (non-hydrogen) atoms. The normalized spacial score (nSPS) is 15.5. The minimum Gasteiger partial charge on any atom is -0.437 e. The number of ether oxygens (including phenoxy) is 2. The van der Waals surface area contributed by atoms with E-state index in [1.54, 1.807) is 20.8 Å². The average molecular weight is 562 g/mol. The van der Waals surface area contributed by atoms with Crippen molar-refractivity contribution < 1.29 is 32.0 Å². The Labute approximate surface area is 224 Å². The number of benzene rings is 2. The van der Waals surface area contributed by atoms with Crippen molar-refractivity contribution >= 4 is 21.6 Å². The van der Waals surface area contributed by atoms with Gasteiger partial charge in [0.2, 0.25) is 15.9 Å². The third-order valence-corrected chi connectivity index (χ3v) is 7.57. The van der Waals surface area contributed by atoms with Crippen LogP contribution in [0.15, 0.2) is 47.4 Å². The predicted molar refractivity (Wildman–Crippen MR) is 138 cm³/mol. The summed E-state index contributed by atoms with van der Waals surface area (Å²) in [6, 6.07) is 7.87. The van der Waals surface area contributed by atoms with Crippen LogP contribution >= 0.6 is 0 Å². The number of non-ortho nitro benzene ring substituents is 1. The van der Waals surface area contributed by atoms with Crippen molar-refractivity contribution in [3.8, 4) is 17.3 Å². The average Bonchev–Trinajstić information content (AvgIpc) is 3.51. The van der Waals surface area contributed by atoms with E-state index in [0.717, 1.165) is 31.0 Å². The number of nitrogens with zero attached hydrogens (tertiary/aromatic N) is 3. The summed E-state index contributed by atoms with van der Waals surface area (Å²) in [5, 5.41) is 18.5. The van der Waals surface area contributed by atoms with Gasteiger partial charge in [0.25, 0.3) is 11.6 Å². The maximum atomic E-state index is 13.6. The smallest absolute Gasteiger partial charge is 0.272 e. The van der Waals surface area contributed by atoms with E-state index >= 15 is 0 Å². The largest absolute Gasteiger partial charge is 0.437 e. The zero-order valence-corrected chi connectivity index (χ0v) is 22.3. The molecule has 3 aromatic rings. The maximum absolute atomic E-state index is 13.6. The molecule has 1 atom stereocenters. The van der Waals surface area contributed by atoms with Crippen molar-refractivity contribution in [2.75, 3.05) is 13.2 Å². The summed E-state index contributed by atoms with van der Waals surface area (Å²) in [5.74, 6) is -1.26. The Kier molecular flexibility index (Phi) is 8.28. The van der Waals surface area contributed by atoms with Crippen LogP contribution in [0.3, 0.4) is 0 Å². The number of nitrogens with one attached hydrogen (secondary N) is 2. The van der Waals surface area contributed by atoms with Crippen LogP contribution in [-0.2, 0) is 14.8 Å². The predicted octanol–water partition coefficient (Wildman–Crippen LogP) is 3.62. The number of halogens is 1. The molecule has 0 spiro atoms. The van der Waals surface area contributed by atoms with Crippen molar-refractivity contribution in [3.05, 3.63) is 69.7 Å². The van der Waals surface area contributed by atoms with Crippen LogP contribution < -0.4 is 14.8 Å². The summed E-state index contributed by atoms with van der Waals surface area (Å²) in [6.07, 6.45) is 1.62. The first-order valence-corrected chi connectivity index (χ1v) is 13.7. The molecular weight excluding hydrogens is 533 g/mol. The molecule has 0 radical (unpaired) electrons. The molecule has 1 aromatic heterocycles. The number of aromatic nitrogens is 2. The van der Waals surface area contributed by atoms with Crippen molar-refractivity contribution in [1.29, 1.82) is 0 Å². The lowest BCUT2D eigenvalue weighted by atomic mass is 10.2. The number of carbonyl (C=O) groups excluding carboxylic acids is 1. The summed E-state index contributed by atoms with van der Waals surface area (Å²) in [6.45, 7) is 5.68. The molecule has 4 rings (SSSR count). The first kappa shape index (κ1) is 28.1. The van der Waals surface area contributed by atoms with Crippen LogP contribution in [0.5, 0.6) is 11.6 Å². The van der Waals surface area contributed by atoms with E-state index in [-0.39, 0.29) is 35.5 Å². The molecule has 1 aliphatic rings. The van der Waals surface area contributed by atoms with E-state index in [9.17, 15) is 27.7 Å². The van der Waals surface area contributed by atoms with Crippen LogP contribution in [0.4, 0.5) is 10.1 Å². The number of nitro benzene ring substituents is 1. The van der Waals surface area contributed by atoms with E-state index in [4.69, 9.17) is 9.47 Å². The molecule has 1 aliphatic heterocycles. The second kappa shape index (κ2) is 11.5. The van der Waals surface area contributed by atoms with Crippen LogP contribution in [0.25, 0.3) is 5.69 Å². The van der Waals surface area contributed by atoms with Gasteiger partial charge in [0, 0.05) is 36.9 Å². The number of sulfonamides is 1. The first-order valence-electron chi connectivity index (χ1n) is 12.2. The van der Waals surface area contributed by atoms with Gasteiger partial charge in [-0.1, -0.05) is 0 Å². The number of hydrogen-bond donors (Lipinski definition) is 2. The zero-order valence-electron chi connectivity index (χ0n) is 21.5. The van der Waals surface area contributed by atoms with Crippen molar-refractivity contribution in [1.82, 2.24) is 19.8 Å². The van der Waals surface area contributed by atoms with Crippen molar-refractivity contribution in [2.24, 2.45) is 0 Å².